The van der Waals surface area contributed by atoms with Crippen molar-refractivity contribution in [2.75, 3.05) is 7.11 Å². The van der Waals surface area contributed by atoms with E-state index in [1.165, 1.54) is 13.4 Å². The minimum absolute atomic E-state index is 0.0783. The van der Waals surface area contributed by atoms with Crippen LogP contribution in [0, 0.1) is 15.9 Å². The average Bonchev–Trinajstić information content (AvgIpc) is 2.60. The van der Waals surface area contributed by atoms with Gasteiger partial charge in [0.25, 0.3) is 0 Å². The topological polar surface area (TPSA) is 87.4 Å². The van der Waals surface area contributed by atoms with Crippen LogP contribution in [0.5, 0.6) is 11.5 Å². The summed E-state index contributed by atoms with van der Waals surface area (Å²) >= 11 is 0. The monoisotopic (exact) mass is 329 g/mol. The third-order valence-electron chi connectivity index (χ3n) is 3.45. The zero-order valence-corrected chi connectivity index (χ0v) is 12.6. The maximum atomic E-state index is 13.6. The Labute approximate surface area is 135 Å². The van der Waals surface area contributed by atoms with Gasteiger partial charge in [0.1, 0.15) is 12.9 Å². The Morgan fingerprint density at radius 3 is 2.88 bits per heavy atom. The van der Waals surface area contributed by atoms with Crippen LogP contribution in [0.4, 0.5) is 10.1 Å². The Kier molecular flexibility index (Phi) is 4.19. The molecule has 0 saturated carbocycles. The molecule has 122 valence electrons. The first-order chi connectivity index (χ1) is 11.6. The van der Waals surface area contributed by atoms with Crippen molar-refractivity contribution in [1.29, 1.82) is 0 Å². The first kappa shape index (κ1) is 15.6. The third-order valence-corrected chi connectivity index (χ3v) is 3.45. The van der Waals surface area contributed by atoms with E-state index in [9.17, 15) is 14.5 Å². The van der Waals surface area contributed by atoms with E-state index in [0.29, 0.717) is 0 Å². The van der Waals surface area contributed by atoms with E-state index < -0.39 is 16.4 Å². The molecular weight excluding hydrogens is 317 g/mol. The zero-order chi connectivity index (χ0) is 17.1. The standard InChI is InChI=1S/C16H12FN3O4/c1-23-15-5-12(17)14(20(21)22)6-16(15)24-8-10-3-2-4-13-11(10)7-18-9-19-13/h2-7,9H,8H2,1H3. The van der Waals surface area contributed by atoms with E-state index in [2.05, 4.69) is 9.97 Å². The molecule has 0 amide bonds. The lowest BCUT2D eigenvalue weighted by Gasteiger charge is -2.12. The quantitative estimate of drug-likeness (QED) is 0.527. The highest BCUT2D eigenvalue weighted by atomic mass is 19.1. The molecule has 0 saturated heterocycles. The highest BCUT2D eigenvalue weighted by molar-refractivity contribution is 5.80. The second-order valence-electron chi connectivity index (χ2n) is 4.87. The molecule has 0 fully saturated rings. The summed E-state index contributed by atoms with van der Waals surface area (Å²) in [5.74, 6) is -0.822. The van der Waals surface area contributed by atoms with E-state index in [-0.39, 0.29) is 18.1 Å². The number of nitro groups is 1. The summed E-state index contributed by atoms with van der Waals surface area (Å²) in [6.07, 6.45) is 3.10. The smallest absolute Gasteiger partial charge is 0.308 e. The summed E-state index contributed by atoms with van der Waals surface area (Å²) in [5, 5.41) is 11.7. The van der Waals surface area contributed by atoms with Gasteiger partial charge in [-0.2, -0.15) is 4.39 Å². The molecule has 3 rings (SSSR count). The lowest BCUT2D eigenvalue weighted by molar-refractivity contribution is -0.387. The van der Waals surface area contributed by atoms with Gasteiger partial charge in [0.2, 0.25) is 5.82 Å². The predicted molar refractivity (Wildman–Crippen MR) is 83.5 cm³/mol. The van der Waals surface area contributed by atoms with Crippen molar-refractivity contribution in [2.45, 2.75) is 6.61 Å². The van der Waals surface area contributed by atoms with Crippen molar-refractivity contribution >= 4 is 16.6 Å². The molecule has 0 radical (unpaired) electrons. The molecule has 0 aliphatic rings. The van der Waals surface area contributed by atoms with Gasteiger partial charge < -0.3 is 9.47 Å². The molecule has 3 aromatic rings. The number of nitrogens with zero attached hydrogens (tertiary/aromatic N) is 3. The number of fused-ring (bicyclic) bond motifs is 1. The molecule has 24 heavy (non-hydrogen) atoms. The molecule has 0 aliphatic heterocycles. The molecule has 8 heteroatoms. The number of hydrogen-bond donors (Lipinski definition) is 0. The number of ether oxygens (including phenoxy) is 2. The fraction of sp³-hybridized carbons (Fsp3) is 0.125. The summed E-state index contributed by atoms with van der Waals surface area (Å²) in [4.78, 5) is 18.2. The highest BCUT2D eigenvalue weighted by Gasteiger charge is 2.20. The highest BCUT2D eigenvalue weighted by Crippen LogP contribution is 2.34. The van der Waals surface area contributed by atoms with Crippen LogP contribution >= 0.6 is 0 Å². The minimum atomic E-state index is -0.984. The first-order valence-corrected chi connectivity index (χ1v) is 6.92. The molecule has 7 nitrogen and oxygen atoms in total. The Morgan fingerprint density at radius 2 is 2.12 bits per heavy atom. The number of halogens is 1. The van der Waals surface area contributed by atoms with Crippen LogP contribution in [-0.4, -0.2) is 22.0 Å². The van der Waals surface area contributed by atoms with Gasteiger partial charge in [-0.15, -0.1) is 0 Å². The second-order valence-corrected chi connectivity index (χ2v) is 4.87. The fourth-order valence-corrected chi connectivity index (χ4v) is 2.28. The average molecular weight is 329 g/mol. The first-order valence-electron chi connectivity index (χ1n) is 6.92. The normalized spacial score (nSPS) is 10.6. The Bertz CT molecular complexity index is 912. The largest absolute Gasteiger partial charge is 0.493 e. The lowest BCUT2D eigenvalue weighted by Crippen LogP contribution is -2.01. The number of benzene rings is 2. The molecule has 0 atom stereocenters. The molecule has 0 aliphatic carbocycles. The van der Waals surface area contributed by atoms with Gasteiger partial charge in [0, 0.05) is 23.2 Å². The number of nitro benzene ring substituents is 1. The summed E-state index contributed by atoms with van der Waals surface area (Å²) in [5.41, 5.74) is 0.873. The Hall–Kier alpha value is -3.29. The number of hydrogen-bond acceptors (Lipinski definition) is 6. The maximum Gasteiger partial charge on any atom is 0.308 e. The van der Waals surface area contributed by atoms with E-state index in [1.54, 1.807) is 6.20 Å². The van der Waals surface area contributed by atoms with Crippen LogP contribution in [0.2, 0.25) is 0 Å². The lowest BCUT2D eigenvalue weighted by atomic mass is 10.1. The van der Waals surface area contributed by atoms with Crippen LogP contribution in [-0.2, 0) is 6.61 Å². The molecule has 1 heterocycles. The van der Waals surface area contributed by atoms with Gasteiger partial charge in [-0.3, -0.25) is 10.1 Å². The van der Waals surface area contributed by atoms with Crippen molar-refractivity contribution in [1.82, 2.24) is 9.97 Å². The summed E-state index contributed by atoms with van der Waals surface area (Å²) in [6, 6.07) is 7.42. The number of aromatic nitrogens is 2. The fourth-order valence-electron chi connectivity index (χ4n) is 2.28. The molecule has 0 N–H and O–H groups in total. The minimum Gasteiger partial charge on any atom is -0.493 e. The van der Waals surface area contributed by atoms with Crippen molar-refractivity contribution < 1.29 is 18.8 Å². The molecule has 0 bridgehead atoms. The summed E-state index contributed by atoms with van der Waals surface area (Å²) in [6.45, 7) is 0.101. The van der Waals surface area contributed by atoms with Crippen LogP contribution in [0.1, 0.15) is 5.56 Å². The third kappa shape index (κ3) is 2.94. The van der Waals surface area contributed by atoms with Crippen molar-refractivity contribution in [2.24, 2.45) is 0 Å². The number of methoxy groups -OCH3 is 1. The van der Waals surface area contributed by atoms with Gasteiger partial charge in [0.15, 0.2) is 11.5 Å². The van der Waals surface area contributed by atoms with Crippen LogP contribution < -0.4 is 9.47 Å². The maximum absolute atomic E-state index is 13.6. The van der Waals surface area contributed by atoms with Crippen LogP contribution in [0.15, 0.2) is 42.9 Å². The Morgan fingerprint density at radius 1 is 1.29 bits per heavy atom. The van der Waals surface area contributed by atoms with E-state index in [0.717, 1.165) is 28.6 Å². The van der Waals surface area contributed by atoms with E-state index in [4.69, 9.17) is 9.47 Å². The second kappa shape index (κ2) is 6.45. The van der Waals surface area contributed by atoms with Crippen molar-refractivity contribution in [3.63, 3.8) is 0 Å². The van der Waals surface area contributed by atoms with E-state index in [1.807, 2.05) is 18.2 Å². The van der Waals surface area contributed by atoms with Gasteiger partial charge in [-0.25, -0.2) is 9.97 Å². The predicted octanol–water partition coefficient (Wildman–Crippen LogP) is 3.26. The van der Waals surface area contributed by atoms with Crippen molar-refractivity contribution in [3.05, 3.63) is 64.4 Å². The summed E-state index contributed by atoms with van der Waals surface area (Å²) in [7, 11) is 1.33. The summed E-state index contributed by atoms with van der Waals surface area (Å²) < 4.78 is 24.3. The number of rotatable bonds is 5. The SMILES string of the molecule is COc1cc(F)c([N+](=O)[O-])cc1OCc1cccc2ncncc12. The molecule has 0 spiro atoms. The van der Waals surface area contributed by atoms with Crippen molar-refractivity contribution in [3.8, 4) is 11.5 Å². The molecule has 1 aromatic heterocycles. The molecule has 0 unspecified atom stereocenters. The molecular formula is C16H12FN3O4. The molecule has 2 aromatic carbocycles. The van der Waals surface area contributed by atoms with Gasteiger partial charge in [0.05, 0.1) is 23.6 Å². The van der Waals surface area contributed by atoms with Crippen LogP contribution in [0.3, 0.4) is 0 Å². The zero-order valence-electron chi connectivity index (χ0n) is 12.6. The van der Waals surface area contributed by atoms with Gasteiger partial charge in [-0.1, -0.05) is 12.1 Å². The van der Waals surface area contributed by atoms with Crippen LogP contribution in [0.25, 0.3) is 10.9 Å². The van der Waals surface area contributed by atoms with Gasteiger partial charge in [-0.05, 0) is 6.07 Å². The Balaban J connectivity index is 1.93. The van der Waals surface area contributed by atoms with Gasteiger partial charge >= 0.3 is 5.69 Å². The van der Waals surface area contributed by atoms with E-state index >= 15 is 0 Å².